The van der Waals surface area contributed by atoms with Gasteiger partial charge in [-0.1, -0.05) is 42.5 Å². The van der Waals surface area contributed by atoms with E-state index >= 15 is 0 Å². The SMILES string of the molecule is Cl.NCc1ccc(-n2c(-c3cccnc3N)nc3ccc(NCc4ccccc4)nc32)cc1. The number of hydrogen-bond acceptors (Lipinski definition) is 6. The van der Waals surface area contributed by atoms with Crippen LogP contribution >= 0.6 is 12.4 Å². The van der Waals surface area contributed by atoms with Crippen LogP contribution in [0.5, 0.6) is 0 Å². The Morgan fingerprint density at radius 3 is 2.33 bits per heavy atom. The van der Waals surface area contributed by atoms with E-state index in [2.05, 4.69) is 22.4 Å². The van der Waals surface area contributed by atoms with Crippen molar-refractivity contribution in [3.63, 3.8) is 0 Å². The number of anilines is 2. The maximum absolute atomic E-state index is 6.20. The Balaban J connectivity index is 0.00000259. The predicted octanol–water partition coefficient (Wildman–Crippen LogP) is 4.56. The van der Waals surface area contributed by atoms with Gasteiger partial charge in [0.15, 0.2) is 11.5 Å². The van der Waals surface area contributed by atoms with E-state index < -0.39 is 0 Å². The second kappa shape index (κ2) is 9.68. The molecule has 0 spiro atoms. The van der Waals surface area contributed by atoms with Crippen molar-refractivity contribution in [3.05, 3.63) is 96.2 Å². The molecule has 0 saturated carbocycles. The van der Waals surface area contributed by atoms with Crippen LogP contribution in [0.15, 0.2) is 85.1 Å². The third-order valence-electron chi connectivity index (χ3n) is 5.33. The molecule has 8 heteroatoms. The summed E-state index contributed by atoms with van der Waals surface area (Å²) in [5, 5.41) is 3.40. The molecule has 33 heavy (non-hydrogen) atoms. The van der Waals surface area contributed by atoms with Crippen molar-refractivity contribution in [2.45, 2.75) is 13.1 Å². The third-order valence-corrected chi connectivity index (χ3v) is 5.33. The second-order valence-electron chi connectivity index (χ2n) is 7.46. The Morgan fingerprint density at radius 1 is 0.818 bits per heavy atom. The average molecular weight is 458 g/mol. The molecule has 0 saturated heterocycles. The number of imidazole rings is 1. The molecule has 0 aliphatic rings. The Morgan fingerprint density at radius 2 is 1.61 bits per heavy atom. The minimum atomic E-state index is 0. The van der Waals surface area contributed by atoms with E-state index in [1.165, 1.54) is 5.56 Å². The smallest absolute Gasteiger partial charge is 0.167 e. The second-order valence-corrected chi connectivity index (χ2v) is 7.46. The summed E-state index contributed by atoms with van der Waals surface area (Å²) in [7, 11) is 0. The van der Waals surface area contributed by atoms with Gasteiger partial charge in [0.05, 0.1) is 5.56 Å². The highest BCUT2D eigenvalue weighted by molar-refractivity contribution is 5.85. The summed E-state index contributed by atoms with van der Waals surface area (Å²) in [6.07, 6.45) is 1.67. The number of benzene rings is 2. The highest BCUT2D eigenvalue weighted by Crippen LogP contribution is 2.31. The van der Waals surface area contributed by atoms with Crippen LogP contribution < -0.4 is 16.8 Å². The van der Waals surface area contributed by atoms with Gasteiger partial charge in [0.1, 0.15) is 17.2 Å². The monoisotopic (exact) mass is 457 g/mol. The first-order chi connectivity index (χ1) is 15.7. The normalized spacial score (nSPS) is 10.7. The number of nitrogens with two attached hydrogens (primary N) is 2. The maximum Gasteiger partial charge on any atom is 0.167 e. The number of halogens is 1. The molecular formula is C25H24ClN7. The zero-order valence-corrected chi connectivity index (χ0v) is 18.7. The first-order valence-electron chi connectivity index (χ1n) is 10.4. The van der Waals surface area contributed by atoms with E-state index in [0.717, 1.165) is 33.8 Å². The summed E-state index contributed by atoms with van der Waals surface area (Å²) in [4.78, 5) is 14.0. The van der Waals surface area contributed by atoms with Gasteiger partial charge >= 0.3 is 0 Å². The molecule has 0 amide bonds. The molecule has 5 rings (SSSR count). The van der Waals surface area contributed by atoms with Crippen molar-refractivity contribution in [2.75, 3.05) is 11.1 Å². The molecule has 5 aromatic rings. The topological polar surface area (TPSA) is 108 Å². The highest BCUT2D eigenvalue weighted by atomic mass is 35.5. The van der Waals surface area contributed by atoms with Gasteiger partial charge in [-0.2, -0.15) is 0 Å². The molecule has 0 bridgehead atoms. The maximum atomic E-state index is 6.20. The fourth-order valence-electron chi connectivity index (χ4n) is 3.66. The molecule has 7 nitrogen and oxygen atoms in total. The van der Waals surface area contributed by atoms with Gasteiger partial charge in [0.2, 0.25) is 0 Å². The minimum absolute atomic E-state index is 0. The number of rotatable bonds is 6. The summed E-state index contributed by atoms with van der Waals surface area (Å²) >= 11 is 0. The summed E-state index contributed by atoms with van der Waals surface area (Å²) in [6, 6.07) is 26.0. The van der Waals surface area contributed by atoms with Crippen molar-refractivity contribution in [1.82, 2.24) is 19.5 Å². The van der Waals surface area contributed by atoms with Crippen LogP contribution in [-0.2, 0) is 13.1 Å². The van der Waals surface area contributed by atoms with E-state index in [9.17, 15) is 0 Å². The van der Waals surface area contributed by atoms with Gasteiger partial charge in [0, 0.05) is 25.0 Å². The molecule has 3 aromatic heterocycles. The lowest BCUT2D eigenvalue weighted by Crippen LogP contribution is -2.04. The highest BCUT2D eigenvalue weighted by Gasteiger charge is 2.18. The number of nitrogen functional groups attached to an aromatic ring is 1. The van der Waals surface area contributed by atoms with Crippen molar-refractivity contribution < 1.29 is 0 Å². The standard InChI is InChI=1S/C25H23N7.ClH/c26-15-17-8-10-19(11-9-17)32-24(20-7-4-14-28-23(20)27)30-21-12-13-22(31-25(21)32)29-16-18-5-2-1-3-6-18;/h1-14H,15-16,26H2,(H2,27,28)(H,29,31);1H. The fraction of sp³-hybridized carbons (Fsp3) is 0.0800. The lowest BCUT2D eigenvalue weighted by atomic mass is 10.2. The molecular weight excluding hydrogens is 434 g/mol. The molecule has 3 heterocycles. The Bertz CT molecular complexity index is 1370. The molecule has 166 valence electrons. The van der Waals surface area contributed by atoms with Crippen molar-refractivity contribution in [2.24, 2.45) is 5.73 Å². The van der Waals surface area contributed by atoms with Crippen LogP contribution in [-0.4, -0.2) is 19.5 Å². The van der Waals surface area contributed by atoms with Crippen molar-refractivity contribution in [3.8, 4) is 17.1 Å². The van der Waals surface area contributed by atoms with Gasteiger partial charge in [0.25, 0.3) is 0 Å². The van der Waals surface area contributed by atoms with Crippen molar-refractivity contribution in [1.29, 1.82) is 0 Å². The number of fused-ring (bicyclic) bond motifs is 1. The van der Waals surface area contributed by atoms with Gasteiger partial charge < -0.3 is 16.8 Å². The first kappa shape index (κ1) is 22.3. The average Bonchev–Trinajstić information content (AvgIpc) is 3.22. The summed E-state index contributed by atoms with van der Waals surface area (Å²) in [5.41, 5.74) is 17.4. The lowest BCUT2D eigenvalue weighted by molar-refractivity contribution is 1.04. The number of aromatic nitrogens is 4. The van der Waals surface area contributed by atoms with E-state index in [4.69, 9.17) is 21.4 Å². The minimum Gasteiger partial charge on any atom is -0.383 e. The van der Waals surface area contributed by atoms with Crippen molar-refractivity contribution >= 4 is 35.2 Å². The molecule has 0 aliphatic heterocycles. The van der Waals surface area contributed by atoms with Crippen LogP contribution in [0.25, 0.3) is 28.2 Å². The van der Waals surface area contributed by atoms with Crippen LogP contribution in [0.3, 0.4) is 0 Å². The van der Waals surface area contributed by atoms with E-state index in [-0.39, 0.29) is 12.4 Å². The van der Waals surface area contributed by atoms with Gasteiger partial charge in [-0.3, -0.25) is 4.57 Å². The molecule has 0 fully saturated rings. The summed E-state index contributed by atoms with van der Waals surface area (Å²) in [5.74, 6) is 1.88. The number of pyridine rings is 2. The molecule has 5 N–H and O–H groups in total. The Labute approximate surface area is 197 Å². The van der Waals surface area contributed by atoms with E-state index in [0.29, 0.717) is 24.7 Å². The van der Waals surface area contributed by atoms with Gasteiger partial charge in [-0.15, -0.1) is 12.4 Å². The van der Waals surface area contributed by atoms with Gasteiger partial charge in [-0.05, 0) is 47.5 Å². The van der Waals surface area contributed by atoms with E-state index in [1.807, 2.05) is 71.3 Å². The number of hydrogen-bond donors (Lipinski definition) is 3. The van der Waals surface area contributed by atoms with Crippen LogP contribution in [0, 0.1) is 0 Å². The predicted molar refractivity (Wildman–Crippen MR) is 135 cm³/mol. The Kier molecular flexibility index (Phi) is 6.53. The van der Waals surface area contributed by atoms with Crippen LogP contribution in [0.4, 0.5) is 11.6 Å². The van der Waals surface area contributed by atoms with Gasteiger partial charge in [-0.25, -0.2) is 15.0 Å². The molecule has 0 aliphatic carbocycles. The van der Waals surface area contributed by atoms with Crippen LogP contribution in [0.1, 0.15) is 11.1 Å². The fourth-order valence-corrected chi connectivity index (χ4v) is 3.66. The Hall–Kier alpha value is -3.94. The molecule has 0 radical (unpaired) electrons. The lowest BCUT2D eigenvalue weighted by Gasteiger charge is -2.11. The molecule has 2 aromatic carbocycles. The largest absolute Gasteiger partial charge is 0.383 e. The molecule has 0 atom stereocenters. The number of nitrogens with one attached hydrogen (secondary N) is 1. The summed E-state index contributed by atoms with van der Waals surface area (Å²) in [6.45, 7) is 1.17. The zero-order valence-electron chi connectivity index (χ0n) is 17.8. The zero-order chi connectivity index (χ0) is 21.9. The van der Waals surface area contributed by atoms with Crippen LogP contribution in [0.2, 0.25) is 0 Å². The first-order valence-corrected chi connectivity index (χ1v) is 10.4. The third kappa shape index (κ3) is 4.50. The summed E-state index contributed by atoms with van der Waals surface area (Å²) < 4.78 is 2.01. The number of nitrogens with zero attached hydrogens (tertiary/aromatic N) is 4. The quantitative estimate of drug-likeness (QED) is 0.345. The van der Waals surface area contributed by atoms with E-state index in [1.54, 1.807) is 6.20 Å². The molecule has 0 unspecified atom stereocenters.